The van der Waals surface area contributed by atoms with Crippen molar-refractivity contribution < 1.29 is 59.8 Å². The number of nitrogens with zero attached hydrogens (tertiary/aromatic N) is 4. The number of fused-ring (bicyclic) bond motifs is 6. The monoisotopic (exact) mass is 844 g/mol. The summed E-state index contributed by atoms with van der Waals surface area (Å²) in [5.41, 5.74) is 5.08. The number of aliphatic hydroxyl groups excluding tert-OH is 8. The summed E-state index contributed by atoms with van der Waals surface area (Å²) in [6, 6.07) is 0.170. The number of piperidine rings is 1. The SMILES string of the molecule is CC1=C2C[C@H]3[C@@H](CC=C4C[C@@H](O)CC[C@@]43C)[C@@H]2CC[C@]12O[C@@H]1C[C@H](C)CN(Cc3cn([C@@H]4OC(CO)[C@@H](O[C@@H]5OC(CO)[C@H](O)C(O)CCC5O)C(O)C4O)nn3)[C@H]1[C@H]2C. The average Bonchev–Trinajstić information content (AvgIpc) is 3.93. The van der Waals surface area contributed by atoms with Gasteiger partial charge in [-0.2, -0.15) is 0 Å². The van der Waals surface area contributed by atoms with Gasteiger partial charge in [0, 0.05) is 25.0 Å². The first-order chi connectivity index (χ1) is 28.7. The fourth-order valence-electron chi connectivity index (χ4n) is 13.5. The molecule has 6 unspecified atom stereocenters. The number of rotatable bonds is 7. The quantitative estimate of drug-likeness (QED) is 0.180. The summed E-state index contributed by atoms with van der Waals surface area (Å²) in [6.45, 7) is 9.55. The van der Waals surface area contributed by atoms with Crippen molar-refractivity contribution in [1.29, 1.82) is 0 Å². The van der Waals surface area contributed by atoms with E-state index in [-0.39, 0.29) is 48.0 Å². The Bertz CT molecular complexity index is 1780. The molecule has 0 radical (unpaired) electrons. The van der Waals surface area contributed by atoms with Crippen LogP contribution in [0.4, 0.5) is 0 Å². The van der Waals surface area contributed by atoms with E-state index in [4.69, 9.17) is 18.9 Å². The Morgan fingerprint density at radius 2 is 1.67 bits per heavy atom. The second kappa shape index (κ2) is 16.6. The van der Waals surface area contributed by atoms with Gasteiger partial charge in [-0.15, -0.1) is 5.10 Å². The average molecular weight is 845 g/mol. The molecule has 2 saturated carbocycles. The van der Waals surface area contributed by atoms with E-state index in [2.05, 4.69) is 49.0 Å². The summed E-state index contributed by atoms with van der Waals surface area (Å²) in [7, 11) is 0. The molecule has 16 nitrogen and oxygen atoms in total. The number of aliphatic hydroxyl groups is 8. The molecule has 4 aliphatic carbocycles. The number of hydrogen-bond acceptors (Lipinski definition) is 15. The zero-order chi connectivity index (χ0) is 42.4. The first-order valence-electron chi connectivity index (χ1n) is 22.7. The first-order valence-corrected chi connectivity index (χ1v) is 22.7. The molecule has 1 spiro atoms. The van der Waals surface area contributed by atoms with Gasteiger partial charge in [0.05, 0.1) is 49.0 Å². The molecule has 4 aliphatic heterocycles. The maximum atomic E-state index is 11.4. The predicted molar refractivity (Wildman–Crippen MR) is 213 cm³/mol. The summed E-state index contributed by atoms with van der Waals surface area (Å²) >= 11 is 0. The molecule has 8 aliphatic rings. The molecule has 9 rings (SSSR count). The highest BCUT2D eigenvalue weighted by Gasteiger charge is 2.62. The Hall–Kier alpha value is -1.90. The van der Waals surface area contributed by atoms with Crippen LogP contribution in [0.5, 0.6) is 0 Å². The molecule has 1 aromatic rings. The van der Waals surface area contributed by atoms with Crippen molar-refractivity contribution >= 4 is 0 Å². The Labute approximate surface area is 352 Å². The van der Waals surface area contributed by atoms with Crippen molar-refractivity contribution in [3.05, 3.63) is 34.7 Å². The Morgan fingerprint density at radius 3 is 2.43 bits per heavy atom. The van der Waals surface area contributed by atoms with E-state index in [0.29, 0.717) is 35.9 Å². The second-order valence-electron chi connectivity index (χ2n) is 20.1. The largest absolute Gasteiger partial charge is 0.394 e. The minimum atomic E-state index is -1.62. The fraction of sp³-hybridized carbons (Fsp3) is 0.864. The van der Waals surface area contributed by atoms with Crippen LogP contribution in [-0.4, -0.2) is 159 Å². The molecular weight excluding hydrogens is 776 g/mol. The third-order valence-electron chi connectivity index (χ3n) is 16.7. The third-order valence-corrected chi connectivity index (χ3v) is 16.7. The molecule has 0 aromatic carbocycles. The van der Waals surface area contributed by atoms with E-state index >= 15 is 0 Å². The van der Waals surface area contributed by atoms with Gasteiger partial charge in [-0.05, 0) is 106 Å². The van der Waals surface area contributed by atoms with E-state index in [1.165, 1.54) is 15.8 Å². The zero-order valence-electron chi connectivity index (χ0n) is 35.4. The van der Waals surface area contributed by atoms with Crippen molar-refractivity contribution in [2.45, 2.75) is 184 Å². The highest BCUT2D eigenvalue weighted by molar-refractivity contribution is 5.38. The van der Waals surface area contributed by atoms with Gasteiger partial charge >= 0.3 is 0 Å². The highest BCUT2D eigenvalue weighted by Crippen LogP contribution is 2.65. The van der Waals surface area contributed by atoms with Crippen LogP contribution < -0.4 is 0 Å². The smallest absolute Gasteiger partial charge is 0.184 e. The van der Waals surface area contributed by atoms with Crippen LogP contribution in [0.2, 0.25) is 0 Å². The van der Waals surface area contributed by atoms with Crippen LogP contribution in [0.15, 0.2) is 29.0 Å². The lowest BCUT2D eigenvalue weighted by Gasteiger charge is -2.49. The first kappa shape index (κ1) is 43.4. The van der Waals surface area contributed by atoms with E-state index in [0.717, 1.165) is 57.9 Å². The molecule has 336 valence electrons. The third kappa shape index (κ3) is 7.17. The minimum absolute atomic E-state index is 0.00371. The molecule has 60 heavy (non-hydrogen) atoms. The van der Waals surface area contributed by atoms with Crippen LogP contribution in [0.1, 0.15) is 104 Å². The maximum absolute atomic E-state index is 11.4. The standard InChI is InChI=1S/C44H68N4O12/c1-21-13-33-36(23(3)44(60-33)12-10-27-28-6-5-24-14-26(51)9-11-43(24,4)30(28)15-29(27)22(44)2)47(16-21)17-25-18-48(46-45-25)41-39(56)38(55)40(35(20-50)57-41)59-42-32(53)8-7-31(52)37(54)34(19-49)58-42/h5,18,21,23,26-28,30-42,49-56H,6-17,19-20H2,1-4H3/t21-,23+,26-,27-,28-,30-,31?,32?,33+,34?,35?,36-,37+,38?,39?,40+,41+,42-,43-,44-/m0/s1. The summed E-state index contributed by atoms with van der Waals surface area (Å²) < 4.78 is 26.4. The van der Waals surface area contributed by atoms with Crippen molar-refractivity contribution in [3.63, 3.8) is 0 Å². The van der Waals surface area contributed by atoms with Crippen LogP contribution in [0.3, 0.4) is 0 Å². The van der Waals surface area contributed by atoms with Crippen molar-refractivity contribution in [3.8, 4) is 0 Å². The van der Waals surface area contributed by atoms with Gasteiger partial charge in [-0.1, -0.05) is 43.2 Å². The van der Waals surface area contributed by atoms with Gasteiger partial charge in [0.15, 0.2) is 12.5 Å². The van der Waals surface area contributed by atoms with Gasteiger partial charge < -0.3 is 59.8 Å². The molecule has 16 heteroatoms. The number of aromatic nitrogens is 3. The van der Waals surface area contributed by atoms with Gasteiger partial charge in [0.2, 0.25) is 0 Å². The number of ether oxygens (including phenoxy) is 4. The van der Waals surface area contributed by atoms with Crippen molar-refractivity contribution in [2.24, 2.45) is 35.0 Å². The summed E-state index contributed by atoms with van der Waals surface area (Å²) in [4.78, 5) is 2.49. The van der Waals surface area contributed by atoms with Gasteiger partial charge in [-0.25, -0.2) is 4.68 Å². The molecule has 4 saturated heterocycles. The molecular formula is C44H68N4O12. The number of likely N-dealkylation sites (tertiary alicyclic amines) is 1. The van der Waals surface area contributed by atoms with Gasteiger partial charge in [0.1, 0.15) is 42.7 Å². The number of hydrogen-bond donors (Lipinski definition) is 8. The molecule has 5 heterocycles. The van der Waals surface area contributed by atoms with Crippen LogP contribution in [0, 0.1) is 35.0 Å². The minimum Gasteiger partial charge on any atom is -0.394 e. The van der Waals surface area contributed by atoms with Crippen molar-refractivity contribution in [2.75, 3.05) is 19.8 Å². The summed E-state index contributed by atoms with van der Waals surface area (Å²) in [5, 5.41) is 93.5. The summed E-state index contributed by atoms with van der Waals surface area (Å²) in [6.07, 6.45) is -1.54. The van der Waals surface area contributed by atoms with Crippen molar-refractivity contribution in [1.82, 2.24) is 19.9 Å². The molecule has 8 N–H and O–H groups in total. The normalized spacial score (nSPS) is 49.8. The fourth-order valence-corrected chi connectivity index (χ4v) is 13.5. The topological polar surface area (TPSA) is 233 Å². The van der Waals surface area contributed by atoms with Gasteiger partial charge in [0.25, 0.3) is 0 Å². The lowest BCUT2D eigenvalue weighted by Crippen LogP contribution is -2.60. The molecule has 0 bridgehead atoms. The van der Waals surface area contributed by atoms with Gasteiger partial charge in [-0.3, -0.25) is 4.90 Å². The molecule has 0 amide bonds. The van der Waals surface area contributed by atoms with E-state index in [1.807, 2.05) is 0 Å². The Balaban J connectivity index is 0.893. The highest BCUT2D eigenvalue weighted by atomic mass is 16.7. The lowest BCUT2D eigenvalue weighted by atomic mass is 9.56. The van der Waals surface area contributed by atoms with Crippen LogP contribution in [-0.2, 0) is 25.5 Å². The second-order valence-corrected chi connectivity index (χ2v) is 20.1. The number of allylic oxidation sites excluding steroid dienone is 2. The zero-order valence-corrected chi connectivity index (χ0v) is 35.4. The van der Waals surface area contributed by atoms with Crippen LogP contribution in [0.25, 0.3) is 0 Å². The predicted octanol–water partition coefficient (Wildman–Crippen LogP) is 1.08. The Morgan fingerprint density at radius 1 is 0.900 bits per heavy atom. The van der Waals surface area contributed by atoms with Crippen LogP contribution >= 0.6 is 0 Å². The lowest BCUT2D eigenvalue weighted by molar-refractivity contribution is -0.325. The molecule has 1 aromatic heterocycles. The van der Waals surface area contributed by atoms with E-state index in [1.54, 1.807) is 11.8 Å². The Kier molecular flexibility index (Phi) is 12.0. The summed E-state index contributed by atoms with van der Waals surface area (Å²) in [5.74, 6) is 2.52. The maximum Gasteiger partial charge on any atom is 0.184 e. The van der Waals surface area contributed by atoms with E-state index < -0.39 is 74.6 Å². The molecule has 6 fully saturated rings. The molecule has 20 atom stereocenters. The van der Waals surface area contributed by atoms with E-state index in [9.17, 15) is 40.9 Å².